The molecule has 21 heavy (non-hydrogen) atoms. The second kappa shape index (κ2) is 6.50. The Morgan fingerprint density at radius 2 is 1.95 bits per heavy atom. The van der Waals surface area contributed by atoms with Gasteiger partial charge in [-0.15, -0.1) is 0 Å². The summed E-state index contributed by atoms with van der Waals surface area (Å²) in [6.07, 6.45) is 12.6. The van der Waals surface area contributed by atoms with Gasteiger partial charge in [0.25, 0.3) is 0 Å². The van der Waals surface area contributed by atoms with Gasteiger partial charge in [0.2, 0.25) is 0 Å². The molecule has 0 radical (unpaired) electrons. The van der Waals surface area contributed by atoms with Gasteiger partial charge >= 0.3 is 0 Å². The molecule has 2 aromatic rings. The topological polar surface area (TPSA) is 38.2 Å². The van der Waals surface area contributed by atoms with Gasteiger partial charge in [-0.05, 0) is 42.8 Å². The largest absolute Gasteiger partial charge is 0.487 e. The quantitative estimate of drug-likeness (QED) is 0.863. The lowest BCUT2D eigenvalue weighted by Gasteiger charge is -2.13. The predicted molar refractivity (Wildman–Crippen MR) is 83.9 cm³/mol. The molecule has 0 amide bonds. The summed E-state index contributed by atoms with van der Waals surface area (Å²) in [5.41, 5.74) is 2.16. The van der Waals surface area contributed by atoms with E-state index in [0.29, 0.717) is 0 Å². The number of likely N-dealkylation sites (tertiary alicyclic amines) is 1. The van der Waals surface area contributed by atoms with E-state index in [0.717, 1.165) is 36.4 Å². The van der Waals surface area contributed by atoms with Gasteiger partial charge in [0.1, 0.15) is 11.9 Å². The van der Waals surface area contributed by atoms with Crippen molar-refractivity contribution in [1.29, 1.82) is 0 Å². The van der Waals surface area contributed by atoms with Gasteiger partial charge in [0, 0.05) is 31.7 Å². The standard InChI is InChI=1S/C17H19N3O/c1-20-9-6-16(13-20)21-17-10-15(11-19-12-17)3-2-14-4-7-18-8-5-14/h2-5,7-8,10-12,16H,6,9,13H2,1H3. The SMILES string of the molecule is CN1CCC(Oc2cncc(C=Cc3ccncc3)c2)C1. The summed E-state index contributed by atoms with van der Waals surface area (Å²) in [6.45, 7) is 2.08. The predicted octanol–water partition coefficient (Wildman–Crippen LogP) is 2.73. The van der Waals surface area contributed by atoms with Crippen LogP contribution >= 0.6 is 0 Å². The molecule has 3 heterocycles. The smallest absolute Gasteiger partial charge is 0.138 e. The Morgan fingerprint density at radius 3 is 2.71 bits per heavy atom. The van der Waals surface area contributed by atoms with Crippen LogP contribution in [0.1, 0.15) is 17.5 Å². The van der Waals surface area contributed by atoms with Crippen molar-refractivity contribution >= 4 is 12.2 Å². The number of likely N-dealkylation sites (N-methyl/N-ethyl adjacent to an activating group) is 1. The first kappa shape index (κ1) is 13.8. The number of nitrogens with zero attached hydrogens (tertiary/aromatic N) is 3. The van der Waals surface area contributed by atoms with E-state index in [1.165, 1.54) is 0 Å². The third kappa shape index (κ3) is 3.89. The molecule has 1 aliphatic rings. The summed E-state index contributed by atoms with van der Waals surface area (Å²) in [5, 5.41) is 0. The number of aromatic nitrogens is 2. The molecule has 0 spiro atoms. The minimum absolute atomic E-state index is 0.274. The molecular formula is C17H19N3O. The van der Waals surface area contributed by atoms with Gasteiger partial charge in [0.05, 0.1) is 6.20 Å². The molecule has 1 saturated heterocycles. The number of rotatable bonds is 4. The summed E-state index contributed by atoms with van der Waals surface area (Å²) in [4.78, 5) is 10.5. The fourth-order valence-electron chi connectivity index (χ4n) is 2.44. The van der Waals surface area contributed by atoms with Crippen LogP contribution in [0.15, 0.2) is 43.0 Å². The minimum atomic E-state index is 0.274. The third-order valence-corrected chi connectivity index (χ3v) is 3.56. The number of pyridine rings is 2. The molecule has 0 N–H and O–H groups in total. The Hall–Kier alpha value is -2.20. The Labute approximate surface area is 125 Å². The molecular weight excluding hydrogens is 262 g/mol. The molecule has 4 nitrogen and oxygen atoms in total. The third-order valence-electron chi connectivity index (χ3n) is 3.56. The van der Waals surface area contributed by atoms with E-state index in [2.05, 4.69) is 21.9 Å². The van der Waals surface area contributed by atoms with Crippen LogP contribution in [0.25, 0.3) is 12.2 Å². The normalized spacial score (nSPS) is 19.2. The highest BCUT2D eigenvalue weighted by Crippen LogP contribution is 2.19. The maximum atomic E-state index is 5.99. The average Bonchev–Trinajstić information content (AvgIpc) is 2.92. The summed E-state index contributed by atoms with van der Waals surface area (Å²) in [5.74, 6) is 0.840. The molecule has 1 unspecified atom stereocenters. The Balaban J connectivity index is 1.67. The van der Waals surface area contributed by atoms with Gasteiger partial charge in [0.15, 0.2) is 0 Å². The van der Waals surface area contributed by atoms with Crippen LogP contribution in [0.2, 0.25) is 0 Å². The minimum Gasteiger partial charge on any atom is -0.487 e. The molecule has 1 aliphatic heterocycles. The molecule has 1 atom stereocenters. The van der Waals surface area contributed by atoms with Gasteiger partial charge in [-0.25, -0.2) is 0 Å². The van der Waals surface area contributed by atoms with Gasteiger partial charge in [-0.1, -0.05) is 12.2 Å². The van der Waals surface area contributed by atoms with Crippen molar-refractivity contribution in [3.8, 4) is 5.75 Å². The zero-order valence-corrected chi connectivity index (χ0v) is 12.1. The Morgan fingerprint density at radius 1 is 1.14 bits per heavy atom. The number of hydrogen-bond acceptors (Lipinski definition) is 4. The Kier molecular flexibility index (Phi) is 4.26. The molecule has 0 aromatic carbocycles. The number of ether oxygens (including phenoxy) is 1. The first-order valence-electron chi connectivity index (χ1n) is 7.18. The highest BCUT2D eigenvalue weighted by atomic mass is 16.5. The van der Waals surface area contributed by atoms with Gasteiger partial charge in [-0.2, -0.15) is 0 Å². The highest BCUT2D eigenvalue weighted by Gasteiger charge is 2.20. The second-order valence-corrected chi connectivity index (χ2v) is 5.36. The van der Waals surface area contributed by atoms with E-state index >= 15 is 0 Å². The van der Waals surface area contributed by atoms with Crippen molar-refractivity contribution in [2.45, 2.75) is 12.5 Å². The fourth-order valence-corrected chi connectivity index (χ4v) is 2.44. The van der Waals surface area contributed by atoms with Gasteiger partial charge in [-0.3, -0.25) is 9.97 Å². The van der Waals surface area contributed by atoms with E-state index in [4.69, 9.17) is 4.74 Å². The van der Waals surface area contributed by atoms with Crippen molar-refractivity contribution in [2.24, 2.45) is 0 Å². The molecule has 108 valence electrons. The van der Waals surface area contributed by atoms with Crippen LogP contribution in [0, 0.1) is 0 Å². The summed E-state index contributed by atoms with van der Waals surface area (Å²) >= 11 is 0. The monoisotopic (exact) mass is 281 g/mol. The van der Waals surface area contributed by atoms with E-state index in [-0.39, 0.29) is 6.10 Å². The lowest BCUT2D eigenvalue weighted by molar-refractivity contribution is 0.207. The molecule has 0 aliphatic carbocycles. The molecule has 0 saturated carbocycles. The van der Waals surface area contributed by atoms with Crippen LogP contribution in [-0.4, -0.2) is 41.1 Å². The molecule has 3 rings (SSSR count). The lowest BCUT2D eigenvalue weighted by atomic mass is 10.2. The second-order valence-electron chi connectivity index (χ2n) is 5.36. The van der Waals surface area contributed by atoms with E-state index < -0.39 is 0 Å². The van der Waals surface area contributed by atoms with E-state index in [1.807, 2.05) is 36.5 Å². The summed E-state index contributed by atoms with van der Waals surface area (Å²) in [7, 11) is 2.12. The van der Waals surface area contributed by atoms with Crippen molar-refractivity contribution < 1.29 is 4.74 Å². The van der Waals surface area contributed by atoms with Crippen LogP contribution in [0.4, 0.5) is 0 Å². The molecule has 1 fully saturated rings. The van der Waals surface area contributed by atoms with Crippen LogP contribution in [-0.2, 0) is 0 Å². The summed E-state index contributed by atoms with van der Waals surface area (Å²) in [6, 6.07) is 5.97. The van der Waals surface area contributed by atoms with Crippen molar-refractivity contribution in [2.75, 3.05) is 20.1 Å². The van der Waals surface area contributed by atoms with Gasteiger partial charge < -0.3 is 9.64 Å². The van der Waals surface area contributed by atoms with Crippen molar-refractivity contribution in [3.05, 3.63) is 54.1 Å². The Bertz CT molecular complexity index is 612. The molecule has 2 aromatic heterocycles. The first-order valence-corrected chi connectivity index (χ1v) is 7.18. The van der Waals surface area contributed by atoms with E-state index in [9.17, 15) is 0 Å². The number of hydrogen-bond donors (Lipinski definition) is 0. The van der Waals surface area contributed by atoms with Crippen molar-refractivity contribution in [1.82, 2.24) is 14.9 Å². The lowest BCUT2D eigenvalue weighted by Crippen LogP contribution is -2.21. The zero-order valence-electron chi connectivity index (χ0n) is 12.1. The molecule has 4 heteroatoms. The average molecular weight is 281 g/mol. The fraction of sp³-hybridized carbons (Fsp3) is 0.294. The molecule has 0 bridgehead atoms. The van der Waals surface area contributed by atoms with Crippen LogP contribution in [0.5, 0.6) is 5.75 Å². The van der Waals surface area contributed by atoms with E-state index in [1.54, 1.807) is 18.6 Å². The van der Waals surface area contributed by atoms with Crippen molar-refractivity contribution in [3.63, 3.8) is 0 Å². The zero-order chi connectivity index (χ0) is 14.5. The maximum absolute atomic E-state index is 5.99. The summed E-state index contributed by atoms with van der Waals surface area (Å²) < 4.78 is 5.99. The van der Waals surface area contributed by atoms with Crippen LogP contribution in [0.3, 0.4) is 0 Å². The maximum Gasteiger partial charge on any atom is 0.138 e. The highest BCUT2D eigenvalue weighted by molar-refractivity contribution is 5.69. The first-order chi connectivity index (χ1) is 10.3. The van der Waals surface area contributed by atoms with Crippen LogP contribution < -0.4 is 4.74 Å².